The predicted octanol–water partition coefficient (Wildman–Crippen LogP) is 5.63. The SMILES string of the molecule is Cc1cc(-c2ccc(C(F)(F)F)cc2)[c]([SbH2])c(-c2ccc(C(F)(F)F)cc2)c1. The Labute approximate surface area is 171 Å². The second-order valence-electron chi connectivity index (χ2n) is 6.42. The maximum absolute atomic E-state index is 12.8. The Hall–Kier alpha value is -1.94. The number of hydrogen-bond acceptors (Lipinski definition) is 0. The summed E-state index contributed by atoms with van der Waals surface area (Å²) in [5.74, 6) is 0. The average molecular weight is 503 g/mol. The zero-order valence-electron chi connectivity index (χ0n) is 14.6. The van der Waals surface area contributed by atoms with Gasteiger partial charge in [-0.2, -0.15) is 0 Å². The number of rotatable bonds is 2. The third-order valence-electron chi connectivity index (χ3n) is 4.37. The van der Waals surface area contributed by atoms with Gasteiger partial charge in [-0.15, -0.1) is 0 Å². The molecule has 0 fully saturated rings. The van der Waals surface area contributed by atoms with Crippen molar-refractivity contribution < 1.29 is 26.3 Å². The first-order valence-electron chi connectivity index (χ1n) is 8.22. The summed E-state index contributed by atoms with van der Waals surface area (Å²) in [4.78, 5) is 0. The fourth-order valence-electron chi connectivity index (χ4n) is 2.95. The van der Waals surface area contributed by atoms with Gasteiger partial charge in [-0.05, 0) is 0 Å². The van der Waals surface area contributed by atoms with E-state index in [-0.39, 0.29) is 0 Å². The molecule has 3 aromatic rings. The molecule has 0 aliphatic heterocycles. The van der Waals surface area contributed by atoms with Crippen molar-refractivity contribution in [2.75, 3.05) is 0 Å². The van der Waals surface area contributed by atoms with Crippen LogP contribution in [-0.4, -0.2) is 23.0 Å². The Morgan fingerprint density at radius 3 is 1.21 bits per heavy atom. The summed E-state index contributed by atoms with van der Waals surface area (Å²) in [5, 5.41) is 0. The van der Waals surface area contributed by atoms with Gasteiger partial charge in [0, 0.05) is 0 Å². The van der Waals surface area contributed by atoms with Gasteiger partial charge >= 0.3 is 172 Å². The van der Waals surface area contributed by atoms with Crippen LogP contribution >= 0.6 is 0 Å². The molecule has 0 unspecified atom stereocenters. The van der Waals surface area contributed by atoms with Gasteiger partial charge in [0.2, 0.25) is 0 Å². The number of hydrogen-bond donors (Lipinski definition) is 0. The molecular weight excluding hydrogens is 488 g/mol. The van der Waals surface area contributed by atoms with E-state index in [1.54, 1.807) is 0 Å². The van der Waals surface area contributed by atoms with E-state index in [0.717, 1.165) is 44.5 Å². The van der Waals surface area contributed by atoms with Crippen LogP contribution in [0.25, 0.3) is 22.3 Å². The third kappa shape index (κ3) is 4.38. The van der Waals surface area contributed by atoms with Gasteiger partial charge in [0.1, 0.15) is 0 Å². The second-order valence-corrected chi connectivity index (χ2v) is 8.07. The molecule has 0 saturated heterocycles. The Balaban J connectivity index is 2.05. The van der Waals surface area contributed by atoms with Crippen molar-refractivity contribution in [3.63, 3.8) is 0 Å². The van der Waals surface area contributed by atoms with Crippen molar-refractivity contribution in [3.8, 4) is 22.3 Å². The summed E-state index contributed by atoms with van der Waals surface area (Å²) in [7, 11) is 0. The molecule has 3 rings (SSSR count). The fraction of sp³-hybridized carbons (Fsp3) is 0.143. The Bertz CT molecular complexity index is 905. The van der Waals surface area contributed by atoms with Crippen molar-refractivity contribution in [2.24, 2.45) is 0 Å². The Kier molecular flexibility index (Phi) is 5.55. The molecule has 0 aliphatic carbocycles. The summed E-state index contributed by atoms with van der Waals surface area (Å²) in [6.45, 7) is 1.85. The molecule has 0 aliphatic rings. The van der Waals surface area contributed by atoms with Crippen LogP contribution in [0.3, 0.4) is 0 Å². The van der Waals surface area contributed by atoms with Crippen molar-refractivity contribution in [3.05, 3.63) is 77.4 Å². The first-order valence-corrected chi connectivity index (χ1v) is 9.87. The number of benzene rings is 3. The molecule has 0 saturated carbocycles. The molecule has 146 valence electrons. The Morgan fingerprint density at radius 2 is 0.929 bits per heavy atom. The minimum atomic E-state index is -4.40. The van der Waals surface area contributed by atoms with Crippen LogP contribution in [-0.2, 0) is 12.4 Å². The first-order chi connectivity index (χ1) is 13.0. The number of halogens is 6. The third-order valence-corrected chi connectivity index (χ3v) is 6.15. The van der Waals surface area contributed by atoms with Crippen molar-refractivity contribution in [1.82, 2.24) is 0 Å². The van der Waals surface area contributed by atoms with Crippen molar-refractivity contribution in [1.29, 1.82) is 0 Å². The zero-order chi connectivity index (χ0) is 20.7. The number of aryl methyl sites for hydroxylation is 1. The quantitative estimate of drug-likeness (QED) is 0.315. The molecule has 0 bridgehead atoms. The van der Waals surface area contributed by atoms with E-state index in [4.69, 9.17) is 0 Å². The van der Waals surface area contributed by atoms with Gasteiger partial charge in [0.25, 0.3) is 0 Å². The molecule has 7 heteroatoms. The normalized spacial score (nSPS) is 12.3. The summed E-state index contributed by atoms with van der Waals surface area (Å²) >= 11 is 0.657. The monoisotopic (exact) mass is 502 g/mol. The van der Waals surface area contributed by atoms with Gasteiger partial charge < -0.3 is 0 Å². The average Bonchev–Trinajstić information content (AvgIpc) is 2.62. The minimum absolute atomic E-state index is 0.646. The van der Waals surface area contributed by atoms with Crippen molar-refractivity contribution >= 4 is 26.5 Å². The van der Waals surface area contributed by atoms with Gasteiger partial charge in [-0.1, -0.05) is 0 Å². The molecule has 3 aromatic carbocycles. The Morgan fingerprint density at radius 1 is 0.607 bits per heavy atom. The van der Waals surface area contributed by atoms with E-state index in [1.165, 1.54) is 24.3 Å². The van der Waals surface area contributed by atoms with Crippen LogP contribution in [0.5, 0.6) is 0 Å². The van der Waals surface area contributed by atoms with E-state index >= 15 is 0 Å². The molecule has 0 N–H and O–H groups in total. The molecule has 0 atom stereocenters. The predicted molar refractivity (Wildman–Crippen MR) is 100 cm³/mol. The molecular formula is C21H15F6Sb. The molecule has 0 aromatic heterocycles. The zero-order valence-corrected chi connectivity index (χ0v) is 17.9. The van der Waals surface area contributed by atoms with Crippen LogP contribution < -0.4 is 3.51 Å². The van der Waals surface area contributed by atoms with E-state index in [0.29, 0.717) is 34.1 Å². The first kappa shape index (κ1) is 20.8. The van der Waals surface area contributed by atoms with E-state index in [2.05, 4.69) is 0 Å². The topological polar surface area (TPSA) is 0 Å². The summed E-state index contributed by atoms with van der Waals surface area (Å²) in [5.41, 5.74) is 2.32. The molecule has 0 heterocycles. The second kappa shape index (κ2) is 7.47. The van der Waals surface area contributed by atoms with Gasteiger partial charge in [0.15, 0.2) is 0 Å². The van der Waals surface area contributed by atoms with Crippen LogP contribution in [0, 0.1) is 6.92 Å². The molecule has 28 heavy (non-hydrogen) atoms. The molecule has 0 nitrogen and oxygen atoms in total. The molecule has 0 amide bonds. The maximum atomic E-state index is 12.8. The summed E-state index contributed by atoms with van der Waals surface area (Å²) in [6, 6.07) is 13.6. The van der Waals surface area contributed by atoms with Gasteiger partial charge in [0.05, 0.1) is 0 Å². The van der Waals surface area contributed by atoms with Crippen LogP contribution in [0.4, 0.5) is 26.3 Å². The van der Waals surface area contributed by atoms with Gasteiger partial charge in [-0.3, -0.25) is 0 Å². The van der Waals surface area contributed by atoms with Gasteiger partial charge in [-0.25, -0.2) is 0 Å². The van der Waals surface area contributed by atoms with E-state index in [9.17, 15) is 26.3 Å². The molecule has 0 radical (unpaired) electrons. The standard InChI is InChI=1S/C21H13F6.Sb.2H/c1-13-10-16(14-2-6-18(7-3-14)20(22,23)24)12-17(11-13)15-4-8-19(9-5-15)21(25,26)27;;;/h2-11H,1H3;;;. The summed E-state index contributed by atoms with van der Waals surface area (Å²) < 4.78 is 77.7. The summed E-state index contributed by atoms with van der Waals surface area (Å²) in [6.07, 6.45) is -8.81. The number of alkyl halides is 6. The van der Waals surface area contributed by atoms with E-state index < -0.39 is 23.5 Å². The fourth-order valence-corrected chi connectivity index (χ4v) is 4.38. The van der Waals surface area contributed by atoms with Crippen LogP contribution in [0.15, 0.2) is 60.7 Å². The van der Waals surface area contributed by atoms with Crippen LogP contribution in [0.2, 0.25) is 0 Å². The molecule has 0 spiro atoms. The van der Waals surface area contributed by atoms with Crippen LogP contribution in [0.1, 0.15) is 16.7 Å². The van der Waals surface area contributed by atoms with Crippen molar-refractivity contribution in [2.45, 2.75) is 19.3 Å². The van der Waals surface area contributed by atoms with E-state index in [1.807, 2.05) is 19.1 Å².